The summed E-state index contributed by atoms with van der Waals surface area (Å²) in [6.07, 6.45) is 1.22. The number of carboxylic acids is 1. The lowest BCUT2D eigenvalue weighted by Gasteiger charge is -2.27. The Morgan fingerprint density at radius 1 is 1.22 bits per heavy atom. The molecule has 0 heterocycles. The standard InChI is InChI=1S/C13H26N2O3/c1-9(2)5-11(7-14)6-12(16)15(10(3)4)8-13(17)18/h9-11H,5-8,14H2,1-4H3,(H,17,18). The lowest BCUT2D eigenvalue weighted by Crippen LogP contribution is -2.42. The molecule has 3 N–H and O–H groups in total. The fourth-order valence-corrected chi connectivity index (χ4v) is 2.00. The van der Waals surface area contributed by atoms with Crippen molar-refractivity contribution < 1.29 is 14.7 Å². The predicted octanol–water partition coefficient (Wildman–Crippen LogP) is 1.32. The van der Waals surface area contributed by atoms with Crippen molar-refractivity contribution in [1.29, 1.82) is 0 Å². The molecule has 0 saturated heterocycles. The van der Waals surface area contributed by atoms with Crippen LogP contribution in [0.4, 0.5) is 0 Å². The summed E-state index contributed by atoms with van der Waals surface area (Å²) in [7, 11) is 0. The van der Waals surface area contributed by atoms with E-state index in [-0.39, 0.29) is 24.4 Å². The molecule has 0 spiro atoms. The van der Waals surface area contributed by atoms with Crippen molar-refractivity contribution in [2.24, 2.45) is 17.6 Å². The first-order chi connectivity index (χ1) is 8.27. The first kappa shape index (κ1) is 16.9. The number of carbonyl (C=O) groups is 2. The lowest BCUT2D eigenvalue weighted by molar-refractivity contribution is -0.146. The fraction of sp³-hybridized carbons (Fsp3) is 0.846. The van der Waals surface area contributed by atoms with E-state index in [0.29, 0.717) is 18.9 Å². The van der Waals surface area contributed by atoms with Gasteiger partial charge in [0.05, 0.1) is 0 Å². The van der Waals surface area contributed by atoms with Gasteiger partial charge in [-0.2, -0.15) is 0 Å². The van der Waals surface area contributed by atoms with Crippen LogP contribution in [0.5, 0.6) is 0 Å². The molecular weight excluding hydrogens is 232 g/mol. The van der Waals surface area contributed by atoms with Crippen LogP contribution in [-0.2, 0) is 9.59 Å². The molecule has 1 amide bonds. The summed E-state index contributed by atoms with van der Waals surface area (Å²) < 4.78 is 0. The highest BCUT2D eigenvalue weighted by Gasteiger charge is 2.23. The molecule has 1 atom stereocenters. The number of hydrogen-bond acceptors (Lipinski definition) is 3. The number of rotatable bonds is 8. The number of carboxylic acid groups (broad SMARTS) is 1. The Morgan fingerprint density at radius 3 is 2.11 bits per heavy atom. The van der Waals surface area contributed by atoms with Crippen LogP contribution in [0.3, 0.4) is 0 Å². The second kappa shape index (κ2) is 8.08. The van der Waals surface area contributed by atoms with Crippen LogP contribution in [0, 0.1) is 11.8 Å². The van der Waals surface area contributed by atoms with Crippen LogP contribution >= 0.6 is 0 Å². The average molecular weight is 258 g/mol. The van der Waals surface area contributed by atoms with E-state index in [1.807, 2.05) is 13.8 Å². The number of amides is 1. The molecule has 5 heteroatoms. The van der Waals surface area contributed by atoms with Crippen LogP contribution < -0.4 is 5.73 Å². The van der Waals surface area contributed by atoms with E-state index in [9.17, 15) is 9.59 Å². The van der Waals surface area contributed by atoms with Gasteiger partial charge in [-0.15, -0.1) is 0 Å². The molecule has 18 heavy (non-hydrogen) atoms. The Bertz CT molecular complexity index is 277. The minimum absolute atomic E-state index is 0.105. The average Bonchev–Trinajstić information content (AvgIpc) is 2.23. The number of aliphatic carboxylic acids is 1. The van der Waals surface area contributed by atoms with Crippen molar-refractivity contribution in [3.63, 3.8) is 0 Å². The molecule has 0 aliphatic rings. The third kappa shape index (κ3) is 6.59. The molecule has 5 nitrogen and oxygen atoms in total. The molecular formula is C13H26N2O3. The van der Waals surface area contributed by atoms with Gasteiger partial charge in [0.15, 0.2) is 0 Å². The largest absolute Gasteiger partial charge is 0.480 e. The quantitative estimate of drug-likeness (QED) is 0.687. The second-order valence-corrected chi connectivity index (χ2v) is 5.44. The first-order valence-corrected chi connectivity index (χ1v) is 6.49. The monoisotopic (exact) mass is 258 g/mol. The minimum Gasteiger partial charge on any atom is -0.480 e. The smallest absolute Gasteiger partial charge is 0.323 e. The molecule has 0 rings (SSSR count). The highest BCUT2D eigenvalue weighted by Crippen LogP contribution is 2.16. The molecule has 0 aromatic carbocycles. The van der Waals surface area contributed by atoms with Gasteiger partial charge in [0.2, 0.25) is 5.91 Å². The highest BCUT2D eigenvalue weighted by molar-refractivity contribution is 5.81. The lowest BCUT2D eigenvalue weighted by atomic mass is 9.93. The maximum atomic E-state index is 12.1. The van der Waals surface area contributed by atoms with Crippen molar-refractivity contribution in [2.45, 2.75) is 46.6 Å². The van der Waals surface area contributed by atoms with Crippen LogP contribution in [-0.4, -0.2) is 41.0 Å². The number of nitrogens with zero attached hydrogens (tertiary/aromatic N) is 1. The molecule has 106 valence electrons. The fourth-order valence-electron chi connectivity index (χ4n) is 2.00. The third-order valence-corrected chi connectivity index (χ3v) is 2.85. The summed E-state index contributed by atoms with van der Waals surface area (Å²) in [6.45, 7) is 8.04. The molecule has 0 aliphatic carbocycles. The summed E-state index contributed by atoms with van der Waals surface area (Å²) in [5, 5.41) is 8.80. The van der Waals surface area contributed by atoms with Gasteiger partial charge in [-0.25, -0.2) is 0 Å². The zero-order chi connectivity index (χ0) is 14.3. The van der Waals surface area contributed by atoms with Gasteiger partial charge < -0.3 is 15.7 Å². The Labute approximate surface area is 109 Å². The summed E-state index contributed by atoms with van der Waals surface area (Å²) >= 11 is 0. The van der Waals surface area contributed by atoms with E-state index in [0.717, 1.165) is 6.42 Å². The second-order valence-electron chi connectivity index (χ2n) is 5.44. The van der Waals surface area contributed by atoms with Crippen molar-refractivity contribution in [3.05, 3.63) is 0 Å². The minimum atomic E-state index is -0.981. The van der Waals surface area contributed by atoms with Crippen LogP contribution in [0.25, 0.3) is 0 Å². The zero-order valence-electron chi connectivity index (χ0n) is 11.8. The SMILES string of the molecule is CC(C)CC(CN)CC(=O)N(CC(=O)O)C(C)C. The van der Waals surface area contributed by atoms with Gasteiger partial charge in [0.1, 0.15) is 6.54 Å². The van der Waals surface area contributed by atoms with Gasteiger partial charge >= 0.3 is 5.97 Å². The van der Waals surface area contributed by atoms with Gasteiger partial charge in [0, 0.05) is 12.5 Å². The van der Waals surface area contributed by atoms with E-state index < -0.39 is 5.97 Å². The molecule has 0 fully saturated rings. The van der Waals surface area contributed by atoms with Gasteiger partial charge in [-0.05, 0) is 38.6 Å². The summed E-state index contributed by atoms with van der Waals surface area (Å²) in [5.74, 6) is -0.487. The molecule has 0 radical (unpaired) electrons. The number of carbonyl (C=O) groups excluding carboxylic acids is 1. The molecule has 0 saturated carbocycles. The molecule has 1 unspecified atom stereocenters. The van der Waals surface area contributed by atoms with Gasteiger partial charge in [-0.3, -0.25) is 9.59 Å². The van der Waals surface area contributed by atoms with Crippen LogP contribution in [0.1, 0.15) is 40.5 Å². The topological polar surface area (TPSA) is 83.6 Å². The Balaban J connectivity index is 4.52. The zero-order valence-corrected chi connectivity index (χ0v) is 11.8. The summed E-state index contributed by atoms with van der Waals surface area (Å²) in [6, 6.07) is -0.105. The molecule has 0 aromatic heterocycles. The highest BCUT2D eigenvalue weighted by atomic mass is 16.4. The third-order valence-electron chi connectivity index (χ3n) is 2.85. The van der Waals surface area contributed by atoms with E-state index in [2.05, 4.69) is 13.8 Å². The van der Waals surface area contributed by atoms with Crippen molar-refractivity contribution >= 4 is 11.9 Å². The maximum absolute atomic E-state index is 12.1. The molecule has 0 aliphatic heterocycles. The van der Waals surface area contributed by atoms with E-state index in [1.54, 1.807) is 0 Å². The maximum Gasteiger partial charge on any atom is 0.323 e. The van der Waals surface area contributed by atoms with Gasteiger partial charge in [-0.1, -0.05) is 13.8 Å². The van der Waals surface area contributed by atoms with Crippen molar-refractivity contribution in [2.75, 3.05) is 13.1 Å². The van der Waals surface area contributed by atoms with E-state index in [1.165, 1.54) is 4.90 Å². The Kier molecular flexibility index (Phi) is 7.59. The van der Waals surface area contributed by atoms with E-state index in [4.69, 9.17) is 10.8 Å². The molecule has 0 aromatic rings. The van der Waals surface area contributed by atoms with Crippen LogP contribution in [0.15, 0.2) is 0 Å². The normalized spacial score (nSPS) is 12.8. The Morgan fingerprint density at radius 2 is 1.78 bits per heavy atom. The first-order valence-electron chi connectivity index (χ1n) is 6.49. The summed E-state index contributed by atoms with van der Waals surface area (Å²) in [5.41, 5.74) is 5.66. The Hall–Kier alpha value is -1.10. The van der Waals surface area contributed by atoms with Crippen molar-refractivity contribution in [1.82, 2.24) is 4.90 Å². The molecule has 0 bridgehead atoms. The number of hydrogen-bond donors (Lipinski definition) is 2. The number of nitrogens with two attached hydrogens (primary N) is 1. The predicted molar refractivity (Wildman–Crippen MR) is 71.1 cm³/mol. The van der Waals surface area contributed by atoms with Gasteiger partial charge in [0.25, 0.3) is 0 Å². The van der Waals surface area contributed by atoms with Crippen molar-refractivity contribution in [3.8, 4) is 0 Å². The summed E-state index contributed by atoms with van der Waals surface area (Å²) in [4.78, 5) is 24.2. The van der Waals surface area contributed by atoms with Crippen LogP contribution in [0.2, 0.25) is 0 Å². The van der Waals surface area contributed by atoms with E-state index >= 15 is 0 Å².